The topological polar surface area (TPSA) is 55.1 Å². The van der Waals surface area contributed by atoms with Gasteiger partial charge in [0, 0.05) is 6.04 Å². The molecule has 2 aliphatic rings. The van der Waals surface area contributed by atoms with Crippen LogP contribution in [0.5, 0.6) is 0 Å². The molecule has 15 heavy (non-hydrogen) atoms. The van der Waals surface area contributed by atoms with Crippen molar-refractivity contribution in [2.45, 2.75) is 63.8 Å². The third kappa shape index (κ3) is 2.64. The van der Waals surface area contributed by atoms with Crippen LogP contribution in [0.1, 0.15) is 57.8 Å². The highest BCUT2D eigenvalue weighted by Gasteiger charge is 2.36. The van der Waals surface area contributed by atoms with E-state index in [2.05, 4.69) is 5.32 Å². The summed E-state index contributed by atoms with van der Waals surface area (Å²) in [6, 6.07) is -0.0188. The first-order valence-corrected chi connectivity index (χ1v) is 6.26. The van der Waals surface area contributed by atoms with Gasteiger partial charge in [-0.1, -0.05) is 19.3 Å². The number of rotatable bonds is 1. The minimum atomic E-state index is -0.361. The largest absolute Gasteiger partial charge is 0.352 e. The van der Waals surface area contributed by atoms with Crippen molar-refractivity contribution in [3.8, 4) is 0 Å². The highest BCUT2D eigenvalue weighted by Crippen LogP contribution is 2.47. The van der Waals surface area contributed by atoms with Crippen LogP contribution in [0.2, 0.25) is 0 Å². The van der Waals surface area contributed by atoms with Crippen LogP contribution in [-0.2, 0) is 0 Å². The molecule has 0 saturated heterocycles. The van der Waals surface area contributed by atoms with E-state index in [0.29, 0.717) is 11.5 Å². The first-order valence-electron chi connectivity index (χ1n) is 6.26. The molecule has 3 nitrogen and oxygen atoms in total. The maximum absolute atomic E-state index is 10.7. The normalized spacial score (nSPS) is 26.4. The van der Waals surface area contributed by atoms with Crippen LogP contribution in [0, 0.1) is 5.41 Å². The second-order valence-electron chi connectivity index (χ2n) is 5.34. The second kappa shape index (κ2) is 4.42. The zero-order valence-electron chi connectivity index (χ0n) is 9.43. The summed E-state index contributed by atoms with van der Waals surface area (Å²) in [5.74, 6) is 0. The molecule has 0 heterocycles. The maximum atomic E-state index is 10.7. The Morgan fingerprint density at radius 2 is 1.67 bits per heavy atom. The van der Waals surface area contributed by atoms with Crippen molar-refractivity contribution in [2.75, 3.05) is 0 Å². The maximum Gasteiger partial charge on any atom is 0.312 e. The van der Waals surface area contributed by atoms with Crippen molar-refractivity contribution in [3.63, 3.8) is 0 Å². The first-order chi connectivity index (χ1) is 7.20. The Labute approximate surface area is 91.8 Å². The first kappa shape index (κ1) is 10.8. The summed E-state index contributed by atoms with van der Waals surface area (Å²) >= 11 is 0. The molecule has 1 spiro atoms. The molecular weight excluding hydrogens is 188 g/mol. The highest BCUT2D eigenvalue weighted by molar-refractivity contribution is 5.71. The number of hydrogen-bond acceptors (Lipinski definition) is 1. The lowest BCUT2D eigenvalue weighted by molar-refractivity contribution is 0.109. The molecule has 3 heteroatoms. The predicted molar refractivity (Wildman–Crippen MR) is 60.5 cm³/mol. The number of carbonyl (C=O) groups is 1. The summed E-state index contributed by atoms with van der Waals surface area (Å²) in [5, 5.41) is 2.84. The van der Waals surface area contributed by atoms with Gasteiger partial charge in [0.05, 0.1) is 0 Å². The summed E-state index contributed by atoms with van der Waals surface area (Å²) < 4.78 is 0. The molecule has 2 saturated carbocycles. The van der Waals surface area contributed by atoms with E-state index >= 15 is 0 Å². The van der Waals surface area contributed by atoms with Gasteiger partial charge in [-0.25, -0.2) is 4.79 Å². The molecule has 0 bridgehead atoms. The Morgan fingerprint density at radius 1 is 1.07 bits per heavy atom. The molecule has 0 aromatic rings. The molecule has 0 aromatic heterocycles. The Balaban J connectivity index is 1.82. The van der Waals surface area contributed by atoms with E-state index < -0.39 is 0 Å². The van der Waals surface area contributed by atoms with E-state index in [0.717, 1.165) is 12.8 Å². The predicted octanol–water partition coefficient (Wildman–Crippen LogP) is 2.55. The van der Waals surface area contributed by atoms with Gasteiger partial charge < -0.3 is 11.1 Å². The summed E-state index contributed by atoms with van der Waals surface area (Å²) in [4.78, 5) is 10.7. The minimum Gasteiger partial charge on any atom is -0.352 e. The van der Waals surface area contributed by atoms with Crippen molar-refractivity contribution in [1.29, 1.82) is 0 Å². The molecule has 2 rings (SSSR count). The fourth-order valence-electron chi connectivity index (χ4n) is 3.38. The Kier molecular flexibility index (Phi) is 3.17. The molecule has 2 aliphatic carbocycles. The SMILES string of the molecule is NC(=O)NC1CCC2(CCCCC2)CC1. The average molecular weight is 210 g/mol. The monoisotopic (exact) mass is 210 g/mol. The fraction of sp³-hybridized carbons (Fsp3) is 0.917. The molecular formula is C12H22N2O. The van der Waals surface area contributed by atoms with Crippen molar-refractivity contribution >= 4 is 6.03 Å². The van der Waals surface area contributed by atoms with Crippen LogP contribution in [0.3, 0.4) is 0 Å². The lowest BCUT2D eigenvalue weighted by Crippen LogP contribution is -2.43. The molecule has 0 aromatic carbocycles. The number of hydrogen-bond donors (Lipinski definition) is 2. The van der Waals surface area contributed by atoms with Crippen LogP contribution in [-0.4, -0.2) is 12.1 Å². The quantitative estimate of drug-likeness (QED) is 0.686. The summed E-state index contributed by atoms with van der Waals surface area (Å²) in [6.07, 6.45) is 11.9. The van der Waals surface area contributed by atoms with Gasteiger partial charge in [-0.15, -0.1) is 0 Å². The average Bonchev–Trinajstić information content (AvgIpc) is 2.23. The Hall–Kier alpha value is -0.730. The summed E-state index contributed by atoms with van der Waals surface area (Å²) in [6.45, 7) is 0. The van der Waals surface area contributed by atoms with Crippen molar-refractivity contribution < 1.29 is 4.79 Å². The van der Waals surface area contributed by atoms with E-state index in [9.17, 15) is 4.79 Å². The number of carbonyl (C=O) groups excluding carboxylic acids is 1. The zero-order valence-corrected chi connectivity index (χ0v) is 9.43. The minimum absolute atomic E-state index is 0.343. The number of nitrogens with one attached hydrogen (secondary N) is 1. The smallest absolute Gasteiger partial charge is 0.312 e. The molecule has 2 amide bonds. The van der Waals surface area contributed by atoms with E-state index in [4.69, 9.17) is 5.73 Å². The third-order valence-electron chi connectivity index (χ3n) is 4.31. The van der Waals surface area contributed by atoms with Crippen molar-refractivity contribution in [3.05, 3.63) is 0 Å². The van der Waals surface area contributed by atoms with Gasteiger partial charge in [-0.3, -0.25) is 0 Å². The van der Waals surface area contributed by atoms with Crippen LogP contribution < -0.4 is 11.1 Å². The number of primary amides is 1. The molecule has 2 fully saturated rings. The van der Waals surface area contributed by atoms with Gasteiger partial charge in [0.1, 0.15) is 0 Å². The van der Waals surface area contributed by atoms with Gasteiger partial charge in [0.15, 0.2) is 0 Å². The summed E-state index contributed by atoms with van der Waals surface area (Å²) in [7, 11) is 0. The summed E-state index contributed by atoms with van der Waals surface area (Å²) in [5.41, 5.74) is 5.78. The van der Waals surface area contributed by atoms with Gasteiger partial charge in [0.2, 0.25) is 0 Å². The highest BCUT2D eigenvalue weighted by atomic mass is 16.2. The van der Waals surface area contributed by atoms with Gasteiger partial charge >= 0.3 is 6.03 Å². The van der Waals surface area contributed by atoms with Gasteiger partial charge in [-0.2, -0.15) is 0 Å². The molecule has 0 unspecified atom stereocenters. The fourth-order valence-corrected chi connectivity index (χ4v) is 3.38. The van der Waals surface area contributed by atoms with E-state index in [-0.39, 0.29) is 6.03 Å². The second-order valence-corrected chi connectivity index (χ2v) is 5.34. The zero-order chi connectivity index (χ0) is 10.7. The van der Waals surface area contributed by atoms with Crippen molar-refractivity contribution in [1.82, 2.24) is 5.32 Å². The molecule has 0 radical (unpaired) electrons. The molecule has 86 valence electrons. The Morgan fingerprint density at radius 3 is 2.20 bits per heavy atom. The third-order valence-corrected chi connectivity index (χ3v) is 4.31. The molecule has 3 N–H and O–H groups in total. The van der Waals surface area contributed by atoms with E-state index in [1.54, 1.807) is 0 Å². The lowest BCUT2D eigenvalue weighted by atomic mass is 9.64. The van der Waals surface area contributed by atoms with Crippen LogP contribution in [0.4, 0.5) is 4.79 Å². The van der Waals surface area contributed by atoms with Gasteiger partial charge in [-0.05, 0) is 43.9 Å². The van der Waals surface area contributed by atoms with Crippen LogP contribution >= 0.6 is 0 Å². The lowest BCUT2D eigenvalue weighted by Gasteiger charge is -2.43. The number of urea groups is 1. The molecule has 0 aliphatic heterocycles. The number of nitrogens with two attached hydrogens (primary N) is 1. The van der Waals surface area contributed by atoms with E-state index in [1.807, 2.05) is 0 Å². The van der Waals surface area contributed by atoms with E-state index in [1.165, 1.54) is 44.9 Å². The van der Waals surface area contributed by atoms with Gasteiger partial charge in [0.25, 0.3) is 0 Å². The van der Waals surface area contributed by atoms with Crippen LogP contribution in [0.15, 0.2) is 0 Å². The standard InChI is InChI=1S/C12H22N2O/c13-11(15)14-10-4-8-12(9-5-10)6-2-1-3-7-12/h10H,1-9H2,(H3,13,14,15). The molecule has 0 atom stereocenters. The number of amides is 2. The van der Waals surface area contributed by atoms with Crippen molar-refractivity contribution in [2.24, 2.45) is 11.1 Å². The van der Waals surface area contributed by atoms with Crippen LogP contribution in [0.25, 0.3) is 0 Å². The Bertz CT molecular complexity index is 224.